The molecule has 1 saturated heterocycles. The Morgan fingerprint density at radius 2 is 1.71 bits per heavy atom. The Morgan fingerprint density at radius 3 is 2.43 bits per heavy atom. The summed E-state index contributed by atoms with van der Waals surface area (Å²) in [5.41, 5.74) is 0.981. The topological polar surface area (TPSA) is 84.9 Å². The lowest BCUT2D eigenvalue weighted by molar-refractivity contribution is -0.122. The number of imide groups is 2. The van der Waals surface area contributed by atoms with Gasteiger partial charge in [0.05, 0.1) is 12.3 Å². The lowest BCUT2D eigenvalue weighted by atomic mass is 10.1. The summed E-state index contributed by atoms with van der Waals surface area (Å²) >= 11 is 3.31. The first-order valence-electron chi connectivity index (χ1n) is 10.7. The van der Waals surface area contributed by atoms with E-state index in [0.29, 0.717) is 34.9 Å². The molecule has 9 heteroatoms. The van der Waals surface area contributed by atoms with E-state index in [1.165, 1.54) is 12.1 Å². The molecule has 3 aromatic carbocycles. The van der Waals surface area contributed by atoms with Gasteiger partial charge in [0.1, 0.15) is 18.0 Å². The second-order valence-electron chi connectivity index (χ2n) is 7.45. The summed E-state index contributed by atoms with van der Waals surface area (Å²) in [6, 6.07) is 16.9. The van der Waals surface area contributed by atoms with Crippen LogP contribution >= 0.6 is 15.9 Å². The molecule has 1 heterocycles. The highest BCUT2D eigenvalue weighted by molar-refractivity contribution is 9.10. The Kier molecular flexibility index (Phi) is 7.26. The molecule has 1 N–H and O–H groups in total. The van der Waals surface area contributed by atoms with Crippen molar-refractivity contribution < 1.29 is 28.2 Å². The second kappa shape index (κ2) is 10.5. The standard InChI is InChI=1S/C26H20BrFN2O5/c1-2-34-23-14-16(7-12-22(23)35-15-17-5-3-4-6-21(17)28)13-20-24(31)29-26(33)30(25(20)32)19-10-8-18(27)9-11-19/h3-14H,2,15H2,1H3,(H,29,31,33)/b20-13+. The molecule has 178 valence electrons. The maximum atomic E-state index is 13.9. The quantitative estimate of drug-likeness (QED) is 0.328. The van der Waals surface area contributed by atoms with Crippen molar-refractivity contribution in [3.8, 4) is 11.5 Å². The van der Waals surface area contributed by atoms with Crippen LogP contribution in [0.1, 0.15) is 18.1 Å². The minimum absolute atomic E-state index is 0.00165. The molecule has 0 atom stereocenters. The Hall–Kier alpha value is -3.98. The zero-order valence-corrected chi connectivity index (χ0v) is 20.2. The fourth-order valence-electron chi connectivity index (χ4n) is 3.42. The minimum atomic E-state index is -0.827. The SMILES string of the molecule is CCOc1cc(/C=C2\C(=O)NC(=O)N(c3ccc(Br)cc3)C2=O)ccc1OCc1ccccc1F. The molecule has 0 saturated carbocycles. The number of nitrogens with one attached hydrogen (secondary N) is 1. The maximum absolute atomic E-state index is 13.9. The van der Waals surface area contributed by atoms with Crippen molar-refractivity contribution in [3.63, 3.8) is 0 Å². The molecule has 0 spiro atoms. The lowest BCUT2D eigenvalue weighted by Gasteiger charge is -2.26. The molecule has 3 aromatic rings. The van der Waals surface area contributed by atoms with E-state index >= 15 is 0 Å². The van der Waals surface area contributed by atoms with Crippen molar-refractivity contribution in [1.29, 1.82) is 0 Å². The Labute approximate surface area is 209 Å². The summed E-state index contributed by atoms with van der Waals surface area (Å²) in [6.45, 7) is 2.13. The molecule has 0 bridgehead atoms. The number of anilines is 1. The van der Waals surface area contributed by atoms with E-state index in [-0.39, 0.29) is 18.0 Å². The summed E-state index contributed by atoms with van der Waals surface area (Å²) in [7, 11) is 0. The largest absolute Gasteiger partial charge is 0.490 e. The molecular weight excluding hydrogens is 519 g/mol. The van der Waals surface area contributed by atoms with Crippen LogP contribution in [-0.2, 0) is 16.2 Å². The Bertz CT molecular complexity index is 1320. The van der Waals surface area contributed by atoms with Gasteiger partial charge in [-0.2, -0.15) is 0 Å². The van der Waals surface area contributed by atoms with E-state index in [2.05, 4.69) is 21.2 Å². The number of rotatable bonds is 7. The average Bonchev–Trinajstić information content (AvgIpc) is 2.83. The number of hydrogen-bond donors (Lipinski definition) is 1. The first kappa shape index (κ1) is 24.2. The van der Waals surface area contributed by atoms with Crippen LogP contribution in [0.15, 0.2) is 76.8 Å². The molecule has 7 nitrogen and oxygen atoms in total. The zero-order valence-electron chi connectivity index (χ0n) is 18.6. The van der Waals surface area contributed by atoms with E-state index in [9.17, 15) is 18.8 Å². The number of hydrogen-bond acceptors (Lipinski definition) is 5. The van der Waals surface area contributed by atoms with Gasteiger partial charge in [-0.3, -0.25) is 14.9 Å². The molecule has 1 aliphatic rings. The monoisotopic (exact) mass is 538 g/mol. The van der Waals surface area contributed by atoms with Crippen molar-refractivity contribution in [2.24, 2.45) is 0 Å². The molecular formula is C26H20BrFN2O5. The third-order valence-corrected chi connectivity index (χ3v) is 5.63. The highest BCUT2D eigenvalue weighted by Crippen LogP contribution is 2.31. The maximum Gasteiger partial charge on any atom is 0.335 e. The molecule has 0 aromatic heterocycles. The Balaban J connectivity index is 1.61. The predicted molar refractivity (Wildman–Crippen MR) is 131 cm³/mol. The van der Waals surface area contributed by atoms with Gasteiger partial charge >= 0.3 is 6.03 Å². The number of nitrogens with zero attached hydrogens (tertiary/aromatic N) is 1. The van der Waals surface area contributed by atoms with Crippen LogP contribution in [0.2, 0.25) is 0 Å². The van der Waals surface area contributed by atoms with Gasteiger partial charge in [0.2, 0.25) is 0 Å². The van der Waals surface area contributed by atoms with Crippen molar-refractivity contribution in [2.45, 2.75) is 13.5 Å². The highest BCUT2D eigenvalue weighted by atomic mass is 79.9. The minimum Gasteiger partial charge on any atom is -0.490 e. The molecule has 0 radical (unpaired) electrons. The van der Waals surface area contributed by atoms with Crippen LogP contribution in [0.5, 0.6) is 11.5 Å². The van der Waals surface area contributed by atoms with Gasteiger partial charge in [-0.25, -0.2) is 14.1 Å². The molecule has 1 fully saturated rings. The molecule has 35 heavy (non-hydrogen) atoms. The van der Waals surface area contributed by atoms with Gasteiger partial charge in [-0.1, -0.05) is 40.2 Å². The Morgan fingerprint density at radius 1 is 0.971 bits per heavy atom. The summed E-state index contributed by atoms with van der Waals surface area (Å²) in [5, 5.41) is 2.19. The number of carbonyl (C=O) groups is 3. The van der Waals surface area contributed by atoms with Crippen LogP contribution < -0.4 is 19.7 Å². The smallest absolute Gasteiger partial charge is 0.335 e. The van der Waals surface area contributed by atoms with E-state index in [0.717, 1.165) is 9.37 Å². The van der Waals surface area contributed by atoms with Crippen molar-refractivity contribution >= 4 is 45.5 Å². The number of urea groups is 1. The van der Waals surface area contributed by atoms with Crippen LogP contribution in [0, 0.1) is 5.82 Å². The number of halogens is 2. The van der Waals surface area contributed by atoms with Gasteiger partial charge in [0.25, 0.3) is 11.8 Å². The first-order valence-corrected chi connectivity index (χ1v) is 11.5. The normalized spacial score (nSPS) is 14.8. The van der Waals surface area contributed by atoms with E-state index in [1.54, 1.807) is 67.6 Å². The van der Waals surface area contributed by atoms with E-state index in [4.69, 9.17) is 9.47 Å². The van der Waals surface area contributed by atoms with Crippen LogP contribution in [0.3, 0.4) is 0 Å². The van der Waals surface area contributed by atoms with Gasteiger partial charge in [-0.05, 0) is 61.0 Å². The predicted octanol–water partition coefficient (Wildman–Crippen LogP) is 5.23. The fourth-order valence-corrected chi connectivity index (χ4v) is 3.69. The molecule has 4 rings (SSSR count). The summed E-state index contributed by atoms with van der Waals surface area (Å²) < 4.78 is 26.1. The van der Waals surface area contributed by atoms with Gasteiger partial charge in [0.15, 0.2) is 11.5 Å². The van der Waals surface area contributed by atoms with Gasteiger partial charge in [0, 0.05) is 10.0 Å². The average molecular weight is 539 g/mol. The van der Waals surface area contributed by atoms with Crippen molar-refractivity contribution in [3.05, 3.63) is 93.7 Å². The third kappa shape index (κ3) is 5.41. The number of barbiturate groups is 1. The molecule has 4 amide bonds. The van der Waals surface area contributed by atoms with Crippen molar-refractivity contribution in [2.75, 3.05) is 11.5 Å². The third-order valence-electron chi connectivity index (χ3n) is 5.11. The second-order valence-corrected chi connectivity index (χ2v) is 8.37. The molecule has 0 unspecified atom stereocenters. The number of ether oxygens (including phenoxy) is 2. The molecule has 0 aliphatic carbocycles. The summed E-state index contributed by atoms with van der Waals surface area (Å²) in [4.78, 5) is 38.8. The number of amides is 4. The molecule has 1 aliphatic heterocycles. The van der Waals surface area contributed by atoms with Gasteiger partial charge in [-0.15, -0.1) is 0 Å². The lowest BCUT2D eigenvalue weighted by Crippen LogP contribution is -2.54. The van der Waals surface area contributed by atoms with E-state index < -0.39 is 17.8 Å². The summed E-state index contributed by atoms with van der Waals surface area (Å²) in [5.74, 6) is -1.19. The van der Waals surface area contributed by atoms with Gasteiger partial charge < -0.3 is 9.47 Å². The van der Waals surface area contributed by atoms with Crippen LogP contribution in [0.25, 0.3) is 6.08 Å². The number of carbonyl (C=O) groups excluding carboxylic acids is 3. The zero-order chi connectivity index (χ0) is 24.9. The van der Waals surface area contributed by atoms with Crippen LogP contribution in [0.4, 0.5) is 14.9 Å². The van der Waals surface area contributed by atoms with Crippen molar-refractivity contribution in [1.82, 2.24) is 5.32 Å². The number of benzene rings is 3. The van der Waals surface area contributed by atoms with Crippen LogP contribution in [-0.4, -0.2) is 24.5 Å². The summed E-state index contributed by atoms with van der Waals surface area (Å²) in [6.07, 6.45) is 1.37. The first-order chi connectivity index (χ1) is 16.9. The highest BCUT2D eigenvalue weighted by Gasteiger charge is 2.36. The van der Waals surface area contributed by atoms with E-state index in [1.807, 2.05) is 0 Å². The fraction of sp³-hybridized carbons (Fsp3) is 0.115.